The molecule has 0 saturated carbocycles. The third-order valence-corrected chi connectivity index (χ3v) is 5.68. The number of benzene rings is 3. The van der Waals surface area contributed by atoms with Crippen molar-refractivity contribution in [2.24, 2.45) is 0 Å². The third-order valence-electron chi connectivity index (χ3n) is 4.72. The largest absolute Gasteiger partial charge is 0.460 e. The molecule has 0 saturated heterocycles. The van der Waals surface area contributed by atoms with Gasteiger partial charge in [-0.05, 0) is 18.2 Å². The first kappa shape index (κ1) is 16.4. The molecule has 0 spiro atoms. The van der Waals surface area contributed by atoms with Crippen LogP contribution in [0.5, 0.6) is 5.75 Å². The van der Waals surface area contributed by atoms with Gasteiger partial charge in [0.05, 0.1) is 12.2 Å². The molecule has 134 valence electrons. The number of hydrogen-bond acceptors (Lipinski definition) is 3. The van der Waals surface area contributed by atoms with E-state index in [0.29, 0.717) is 13.2 Å². The van der Waals surface area contributed by atoms with Gasteiger partial charge in [0, 0.05) is 17.2 Å². The number of thiazole rings is 1. The highest BCUT2D eigenvalue weighted by molar-refractivity contribution is 7.16. The van der Waals surface area contributed by atoms with Crippen molar-refractivity contribution >= 4 is 21.6 Å². The van der Waals surface area contributed by atoms with Crippen LogP contribution < -0.4 is 9.30 Å². The predicted molar refractivity (Wildman–Crippen MR) is 102 cm³/mol. The van der Waals surface area contributed by atoms with Gasteiger partial charge in [-0.2, -0.15) is 4.57 Å². The summed E-state index contributed by atoms with van der Waals surface area (Å²) in [4.78, 5) is 0. The summed E-state index contributed by atoms with van der Waals surface area (Å²) in [7, 11) is 0. The van der Waals surface area contributed by atoms with Gasteiger partial charge >= 0.3 is 0 Å². The summed E-state index contributed by atoms with van der Waals surface area (Å²) in [6, 6.07) is 21.1. The van der Waals surface area contributed by atoms with Gasteiger partial charge in [-0.15, -0.1) is 0 Å². The molecule has 0 unspecified atom stereocenters. The summed E-state index contributed by atoms with van der Waals surface area (Å²) >= 11 is 1.68. The van der Waals surface area contributed by atoms with E-state index in [2.05, 4.69) is 22.2 Å². The van der Waals surface area contributed by atoms with Crippen molar-refractivity contribution in [3.05, 3.63) is 94.7 Å². The van der Waals surface area contributed by atoms with Gasteiger partial charge in [0.15, 0.2) is 6.54 Å². The Morgan fingerprint density at radius 3 is 2.74 bits per heavy atom. The summed E-state index contributed by atoms with van der Waals surface area (Å²) in [5.74, 6) is 0.452. The molecular weight excluding hydrogens is 361 g/mol. The van der Waals surface area contributed by atoms with Crippen LogP contribution in [0.2, 0.25) is 0 Å². The second-order valence-corrected chi connectivity index (χ2v) is 7.43. The van der Waals surface area contributed by atoms with Gasteiger partial charge in [0.2, 0.25) is 17.3 Å². The summed E-state index contributed by atoms with van der Waals surface area (Å²) < 4.78 is 29.5. The molecule has 0 N–H and O–H groups in total. The Morgan fingerprint density at radius 2 is 1.85 bits per heavy atom. The SMILES string of the molecule is Fc1cc2c(c(C[n+]3csc4ccccc43)c1)O[C@H](c1ccccc1)OC2. The quantitative estimate of drug-likeness (QED) is 0.469. The minimum atomic E-state index is -0.480. The fourth-order valence-electron chi connectivity index (χ4n) is 3.45. The second-order valence-electron chi connectivity index (χ2n) is 6.54. The van der Waals surface area contributed by atoms with E-state index in [4.69, 9.17) is 9.47 Å². The van der Waals surface area contributed by atoms with Crippen LogP contribution in [-0.2, 0) is 17.9 Å². The standard InChI is InChI=1S/C22H17FNO2S/c23-18-10-16(12-24-14-27-20-9-5-4-8-19(20)24)21-17(11-18)13-25-22(26-21)15-6-2-1-3-7-15/h1-11,14,22H,12-13H2/q+1/t22-/m1/s1. The number of fused-ring (bicyclic) bond motifs is 2. The fourth-order valence-corrected chi connectivity index (χ4v) is 4.34. The molecule has 2 heterocycles. The van der Waals surface area contributed by atoms with Crippen molar-refractivity contribution in [1.29, 1.82) is 0 Å². The number of ether oxygens (including phenoxy) is 2. The van der Waals surface area contributed by atoms with Crippen LogP contribution in [0.4, 0.5) is 4.39 Å². The molecule has 0 fully saturated rings. The Morgan fingerprint density at radius 1 is 1.04 bits per heavy atom. The first-order valence-electron chi connectivity index (χ1n) is 8.78. The Labute approximate surface area is 160 Å². The zero-order valence-corrected chi connectivity index (χ0v) is 15.3. The number of hydrogen-bond donors (Lipinski definition) is 0. The van der Waals surface area contributed by atoms with Crippen molar-refractivity contribution < 1.29 is 18.4 Å². The number of para-hydroxylation sites is 1. The fraction of sp³-hybridized carbons (Fsp3) is 0.136. The number of rotatable bonds is 3. The van der Waals surface area contributed by atoms with E-state index >= 15 is 0 Å². The Bertz CT molecular complexity index is 1110. The van der Waals surface area contributed by atoms with Gasteiger partial charge < -0.3 is 9.47 Å². The average molecular weight is 378 g/mol. The highest BCUT2D eigenvalue weighted by Crippen LogP contribution is 2.36. The molecule has 27 heavy (non-hydrogen) atoms. The van der Waals surface area contributed by atoms with Crippen LogP contribution in [0, 0.1) is 5.82 Å². The van der Waals surface area contributed by atoms with Gasteiger partial charge in [0.25, 0.3) is 0 Å². The highest BCUT2D eigenvalue weighted by Gasteiger charge is 2.27. The molecule has 1 atom stereocenters. The molecule has 0 radical (unpaired) electrons. The third kappa shape index (κ3) is 3.09. The predicted octanol–water partition coefficient (Wildman–Crippen LogP) is 4.98. The maximum atomic E-state index is 14.2. The molecule has 1 aromatic heterocycles. The van der Waals surface area contributed by atoms with E-state index in [9.17, 15) is 4.39 Å². The van der Waals surface area contributed by atoms with Crippen LogP contribution in [-0.4, -0.2) is 0 Å². The van der Waals surface area contributed by atoms with E-state index in [1.54, 1.807) is 17.4 Å². The van der Waals surface area contributed by atoms with E-state index < -0.39 is 6.29 Å². The van der Waals surface area contributed by atoms with E-state index in [0.717, 1.165) is 28.0 Å². The van der Waals surface area contributed by atoms with Crippen molar-refractivity contribution in [2.75, 3.05) is 0 Å². The minimum absolute atomic E-state index is 0.269. The first-order valence-corrected chi connectivity index (χ1v) is 9.66. The van der Waals surface area contributed by atoms with Crippen LogP contribution in [0.25, 0.3) is 10.2 Å². The smallest absolute Gasteiger partial charge is 0.227 e. The maximum Gasteiger partial charge on any atom is 0.227 e. The molecule has 1 aliphatic heterocycles. The van der Waals surface area contributed by atoms with Crippen LogP contribution >= 0.6 is 11.3 Å². The summed E-state index contributed by atoms with van der Waals surface area (Å²) in [5, 5.41) is 0. The number of nitrogens with zero attached hydrogens (tertiary/aromatic N) is 1. The lowest BCUT2D eigenvalue weighted by molar-refractivity contribution is -0.658. The normalized spacial score (nSPS) is 16.1. The highest BCUT2D eigenvalue weighted by atomic mass is 32.1. The van der Waals surface area contributed by atoms with Crippen molar-refractivity contribution in [3.63, 3.8) is 0 Å². The van der Waals surface area contributed by atoms with Crippen LogP contribution in [0.1, 0.15) is 23.0 Å². The van der Waals surface area contributed by atoms with Gasteiger partial charge in [-0.25, -0.2) is 4.39 Å². The monoisotopic (exact) mass is 378 g/mol. The lowest BCUT2D eigenvalue weighted by Gasteiger charge is -2.28. The summed E-state index contributed by atoms with van der Waals surface area (Å²) in [5.41, 5.74) is 5.72. The van der Waals surface area contributed by atoms with Crippen molar-refractivity contribution in [3.8, 4) is 5.75 Å². The topological polar surface area (TPSA) is 22.3 Å². The average Bonchev–Trinajstić information content (AvgIpc) is 3.11. The maximum absolute atomic E-state index is 14.2. The van der Waals surface area contributed by atoms with E-state index in [-0.39, 0.29) is 5.82 Å². The van der Waals surface area contributed by atoms with Gasteiger partial charge in [-0.1, -0.05) is 53.8 Å². The Hall–Kier alpha value is -2.76. The van der Waals surface area contributed by atoms with Crippen LogP contribution in [0.15, 0.2) is 72.2 Å². The molecule has 4 aromatic rings. The van der Waals surface area contributed by atoms with Crippen LogP contribution in [0.3, 0.4) is 0 Å². The molecule has 0 bridgehead atoms. The Balaban J connectivity index is 1.53. The zero-order valence-electron chi connectivity index (χ0n) is 14.5. The van der Waals surface area contributed by atoms with Crippen molar-refractivity contribution in [2.45, 2.75) is 19.4 Å². The molecule has 0 amide bonds. The lowest BCUT2D eigenvalue weighted by Crippen LogP contribution is -2.33. The van der Waals surface area contributed by atoms with Gasteiger partial charge in [0.1, 0.15) is 16.3 Å². The molecule has 0 aliphatic carbocycles. The molecular formula is C22H17FNO2S+. The molecule has 1 aliphatic rings. The second kappa shape index (κ2) is 6.76. The minimum Gasteiger partial charge on any atom is -0.460 e. The molecule has 3 aromatic carbocycles. The lowest BCUT2D eigenvalue weighted by atomic mass is 10.1. The molecule has 5 heteroatoms. The summed E-state index contributed by atoms with van der Waals surface area (Å²) in [6.07, 6.45) is -0.480. The number of aromatic nitrogens is 1. The van der Waals surface area contributed by atoms with E-state index in [1.165, 1.54) is 10.8 Å². The number of halogens is 1. The van der Waals surface area contributed by atoms with Crippen molar-refractivity contribution in [1.82, 2.24) is 0 Å². The Kier molecular flexibility index (Phi) is 4.11. The summed E-state index contributed by atoms with van der Waals surface area (Å²) in [6.45, 7) is 0.875. The van der Waals surface area contributed by atoms with E-state index in [1.807, 2.05) is 42.5 Å². The molecule has 5 rings (SSSR count). The zero-order chi connectivity index (χ0) is 18.2. The first-order chi connectivity index (χ1) is 13.3. The van der Waals surface area contributed by atoms with Gasteiger partial charge in [-0.3, -0.25) is 0 Å². The molecule has 3 nitrogen and oxygen atoms in total.